The first-order valence-electron chi connectivity index (χ1n) is 3.96. The van der Waals surface area contributed by atoms with Gasteiger partial charge in [0.1, 0.15) is 17.9 Å². The van der Waals surface area contributed by atoms with Crippen molar-refractivity contribution < 1.29 is 0 Å². The molecule has 0 aliphatic carbocycles. The highest BCUT2D eigenvalue weighted by Crippen LogP contribution is 2.19. The smallest absolute Gasteiger partial charge is 0.196 e. The summed E-state index contributed by atoms with van der Waals surface area (Å²) in [7, 11) is 0. The molecule has 8 heteroatoms. The molecule has 7 nitrogen and oxygen atoms in total. The molecule has 2 heterocycles. The Hall–Kier alpha value is -1.96. The van der Waals surface area contributed by atoms with Crippen LogP contribution < -0.4 is 5.73 Å². The number of amidine groups is 1. The third-order valence-corrected chi connectivity index (χ3v) is 2.26. The maximum Gasteiger partial charge on any atom is 0.196 e. The van der Waals surface area contributed by atoms with E-state index in [2.05, 4.69) is 25.1 Å². The number of aromatic amines is 1. The lowest BCUT2D eigenvalue weighted by Crippen LogP contribution is -2.13. The second kappa shape index (κ2) is 4.05. The van der Waals surface area contributed by atoms with Crippen LogP contribution in [-0.2, 0) is 0 Å². The molecule has 0 saturated carbocycles. The van der Waals surface area contributed by atoms with E-state index in [0.29, 0.717) is 16.0 Å². The van der Waals surface area contributed by atoms with Crippen LogP contribution in [0, 0.1) is 5.41 Å². The van der Waals surface area contributed by atoms with Crippen molar-refractivity contribution in [2.45, 2.75) is 10.3 Å². The van der Waals surface area contributed by atoms with Crippen molar-refractivity contribution in [3.05, 3.63) is 24.3 Å². The van der Waals surface area contributed by atoms with E-state index in [4.69, 9.17) is 11.1 Å². The van der Waals surface area contributed by atoms with Gasteiger partial charge in [0, 0.05) is 6.20 Å². The fraction of sp³-hybridized carbons (Fsp3) is 0. The summed E-state index contributed by atoms with van der Waals surface area (Å²) in [5.74, 6) is -0.0863. The summed E-state index contributed by atoms with van der Waals surface area (Å²) in [4.78, 5) is 12.0. The molecule has 0 aliphatic heterocycles. The van der Waals surface area contributed by atoms with Crippen LogP contribution >= 0.6 is 11.8 Å². The number of nitrogen functional groups attached to an aromatic ring is 1. The van der Waals surface area contributed by atoms with Crippen molar-refractivity contribution in [2.75, 3.05) is 0 Å². The van der Waals surface area contributed by atoms with Gasteiger partial charge in [0.2, 0.25) is 0 Å². The molecule has 0 amide bonds. The third-order valence-electron chi connectivity index (χ3n) is 1.49. The van der Waals surface area contributed by atoms with Crippen molar-refractivity contribution in [3.63, 3.8) is 0 Å². The van der Waals surface area contributed by atoms with Crippen LogP contribution in [0.2, 0.25) is 0 Å². The van der Waals surface area contributed by atoms with Gasteiger partial charge in [0.05, 0.1) is 0 Å². The Balaban J connectivity index is 2.22. The number of rotatable bonds is 3. The van der Waals surface area contributed by atoms with Crippen LogP contribution in [0.25, 0.3) is 0 Å². The van der Waals surface area contributed by atoms with Gasteiger partial charge >= 0.3 is 0 Å². The Morgan fingerprint density at radius 2 is 2.33 bits per heavy atom. The molecule has 0 spiro atoms. The van der Waals surface area contributed by atoms with Crippen LogP contribution in [0.4, 0.5) is 0 Å². The highest BCUT2D eigenvalue weighted by molar-refractivity contribution is 7.99. The number of nitrogens with two attached hydrogens (primary N) is 1. The van der Waals surface area contributed by atoms with E-state index in [1.165, 1.54) is 18.1 Å². The summed E-state index contributed by atoms with van der Waals surface area (Å²) in [5.41, 5.74) is 5.70. The molecule has 0 bridgehead atoms. The van der Waals surface area contributed by atoms with Crippen molar-refractivity contribution >= 4 is 17.6 Å². The average Bonchev–Trinajstić information content (AvgIpc) is 2.71. The van der Waals surface area contributed by atoms with E-state index in [9.17, 15) is 0 Å². The van der Waals surface area contributed by atoms with Crippen LogP contribution in [0.5, 0.6) is 0 Å². The molecule has 76 valence electrons. The fourth-order valence-corrected chi connectivity index (χ4v) is 1.50. The lowest BCUT2D eigenvalue weighted by Gasteiger charge is -1.99. The van der Waals surface area contributed by atoms with Crippen molar-refractivity contribution in [3.8, 4) is 0 Å². The molecule has 2 aromatic rings. The topological polar surface area (TPSA) is 117 Å². The minimum Gasteiger partial charge on any atom is -0.382 e. The Bertz CT molecular complexity index is 466. The monoisotopic (exact) mass is 221 g/mol. The van der Waals surface area contributed by atoms with Crippen molar-refractivity contribution in [1.82, 2.24) is 25.1 Å². The van der Waals surface area contributed by atoms with Gasteiger partial charge in [-0.3, -0.25) is 10.5 Å². The first kappa shape index (κ1) is 9.59. The van der Waals surface area contributed by atoms with Crippen molar-refractivity contribution in [1.29, 1.82) is 5.41 Å². The summed E-state index contributed by atoms with van der Waals surface area (Å²) in [5, 5.41) is 14.7. The van der Waals surface area contributed by atoms with Gasteiger partial charge in [0.25, 0.3) is 0 Å². The van der Waals surface area contributed by atoms with E-state index in [1.54, 1.807) is 12.3 Å². The first-order chi connectivity index (χ1) is 7.25. The number of hydrogen-bond acceptors (Lipinski definition) is 6. The zero-order valence-corrected chi connectivity index (χ0v) is 8.32. The standard InChI is InChI=1S/C7H7N7S/c8-5(9)4-1-2-10-6(13-4)15-7-11-3-12-14-7/h1-3H,(H3,8,9)(H,11,12,14). The van der Waals surface area contributed by atoms with Gasteiger partial charge < -0.3 is 5.73 Å². The molecule has 0 saturated heterocycles. The summed E-state index contributed by atoms with van der Waals surface area (Å²) in [6, 6.07) is 1.58. The first-order valence-corrected chi connectivity index (χ1v) is 4.78. The minimum atomic E-state index is -0.0863. The largest absolute Gasteiger partial charge is 0.382 e. The average molecular weight is 221 g/mol. The summed E-state index contributed by atoms with van der Waals surface area (Å²) in [6.45, 7) is 0. The number of hydrogen-bond donors (Lipinski definition) is 3. The Morgan fingerprint density at radius 3 is 3.00 bits per heavy atom. The number of aromatic nitrogens is 5. The molecule has 2 aromatic heterocycles. The highest BCUT2D eigenvalue weighted by Gasteiger charge is 2.05. The van der Waals surface area contributed by atoms with Crippen LogP contribution in [0.15, 0.2) is 28.9 Å². The molecule has 0 radical (unpaired) electrons. The van der Waals surface area contributed by atoms with Gasteiger partial charge in [-0.2, -0.15) is 5.10 Å². The lowest BCUT2D eigenvalue weighted by molar-refractivity contribution is 0.926. The zero-order chi connectivity index (χ0) is 10.7. The van der Waals surface area contributed by atoms with Crippen molar-refractivity contribution in [2.24, 2.45) is 5.73 Å². The molecule has 4 N–H and O–H groups in total. The molecular formula is C7H7N7S. The van der Waals surface area contributed by atoms with Gasteiger partial charge in [-0.1, -0.05) is 0 Å². The molecule has 15 heavy (non-hydrogen) atoms. The normalized spacial score (nSPS) is 10.1. The van der Waals surface area contributed by atoms with E-state index in [1.807, 2.05) is 0 Å². The predicted octanol–water partition coefficient (Wildman–Crippen LogP) is 0.0300. The molecule has 0 atom stereocenters. The number of nitrogens with one attached hydrogen (secondary N) is 2. The number of nitrogens with zero attached hydrogens (tertiary/aromatic N) is 4. The molecule has 0 aromatic carbocycles. The van der Waals surface area contributed by atoms with Gasteiger partial charge in [-0.15, -0.1) is 0 Å². The summed E-state index contributed by atoms with van der Waals surface area (Å²) in [6.07, 6.45) is 2.94. The van der Waals surface area contributed by atoms with E-state index >= 15 is 0 Å². The zero-order valence-electron chi connectivity index (χ0n) is 7.51. The quantitative estimate of drug-likeness (QED) is 0.382. The summed E-state index contributed by atoms with van der Waals surface area (Å²) < 4.78 is 0. The Labute approximate surface area is 89.1 Å². The molecule has 2 rings (SSSR count). The highest BCUT2D eigenvalue weighted by atomic mass is 32.2. The van der Waals surface area contributed by atoms with Gasteiger partial charge in [-0.25, -0.2) is 15.0 Å². The molecule has 0 fully saturated rings. The lowest BCUT2D eigenvalue weighted by atomic mass is 10.4. The fourth-order valence-electron chi connectivity index (χ4n) is 0.870. The van der Waals surface area contributed by atoms with Crippen LogP contribution in [0.1, 0.15) is 5.69 Å². The molecule has 0 aliphatic rings. The minimum absolute atomic E-state index is 0.0863. The maximum atomic E-state index is 7.22. The van der Waals surface area contributed by atoms with E-state index in [-0.39, 0.29) is 5.84 Å². The van der Waals surface area contributed by atoms with E-state index < -0.39 is 0 Å². The number of H-pyrrole nitrogens is 1. The van der Waals surface area contributed by atoms with Crippen LogP contribution in [0.3, 0.4) is 0 Å². The second-order valence-corrected chi connectivity index (χ2v) is 3.49. The second-order valence-electron chi connectivity index (χ2n) is 2.53. The molecule has 0 unspecified atom stereocenters. The predicted molar refractivity (Wildman–Crippen MR) is 53.6 cm³/mol. The SMILES string of the molecule is N=C(N)c1ccnc(Sc2ncn[nH]2)n1. The van der Waals surface area contributed by atoms with Gasteiger partial charge in [0.15, 0.2) is 10.3 Å². The third kappa shape index (κ3) is 2.29. The summed E-state index contributed by atoms with van der Waals surface area (Å²) >= 11 is 1.22. The maximum absolute atomic E-state index is 7.22. The molecular weight excluding hydrogens is 214 g/mol. The van der Waals surface area contributed by atoms with E-state index in [0.717, 1.165) is 0 Å². The Kier molecular flexibility index (Phi) is 2.59. The van der Waals surface area contributed by atoms with Crippen LogP contribution in [-0.4, -0.2) is 31.0 Å². The van der Waals surface area contributed by atoms with Gasteiger partial charge in [-0.05, 0) is 17.8 Å². The Morgan fingerprint density at radius 1 is 1.47 bits per heavy atom.